The number of nitrogens with zero attached hydrogens (tertiary/aromatic N) is 2. The molecule has 0 radical (unpaired) electrons. The van der Waals surface area contributed by atoms with Crippen LogP contribution in [0.1, 0.15) is 33.0 Å². The number of carbonyl (C=O) groups excluding carboxylic acids is 1. The molecule has 1 aliphatic heterocycles. The Hall–Kier alpha value is -2.99. The van der Waals surface area contributed by atoms with E-state index in [0.717, 1.165) is 5.56 Å². The second kappa shape index (κ2) is 7.56. The molecule has 4 rings (SSSR count). The van der Waals surface area contributed by atoms with Gasteiger partial charge in [-0.1, -0.05) is 29.8 Å². The van der Waals surface area contributed by atoms with Crippen LogP contribution in [0.25, 0.3) is 0 Å². The molecule has 1 aliphatic rings. The number of carbonyl (C=O) groups is 1. The van der Waals surface area contributed by atoms with Gasteiger partial charge in [0.05, 0.1) is 17.8 Å². The van der Waals surface area contributed by atoms with Crippen molar-refractivity contribution in [3.05, 3.63) is 97.9 Å². The maximum atomic E-state index is 13.0. The van der Waals surface area contributed by atoms with E-state index in [-0.39, 0.29) is 23.8 Å². The lowest BCUT2D eigenvalue weighted by Gasteiger charge is -2.28. The highest BCUT2D eigenvalue weighted by atomic mass is 35.5. The summed E-state index contributed by atoms with van der Waals surface area (Å²) < 4.78 is 13.0. The average molecular weight is 398 g/mol. The monoisotopic (exact) mass is 397 g/mol. The number of H-pyrrole nitrogens is 1. The van der Waals surface area contributed by atoms with Gasteiger partial charge in [-0.05, 0) is 35.9 Å². The molecule has 142 valence electrons. The number of fused-ring (bicyclic) bond motifs is 1. The summed E-state index contributed by atoms with van der Waals surface area (Å²) in [5, 5.41) is 0.494. The molecule has 0 fully saturated rings. The van der Waals surface area contributed by atoms with E-state index >= 15 is 0 Å². The molecule has 1 amide bonds. The first-order chi connectivity index (χ1) is 13.5. The van der Waals surface area contributed by atoms with Gasteiger partial charge in [0.15, 0.2) is 0 Å². The first-order valence-corrected chi connectivity index (χ1v) is 9.27. The van der Waals surface area contributed by atoms with Gasteiger partial charge in [0.25, 0.3) is 11.5 Å². The van der Waals surface area contributed by atoms with Crippen LogP contribution in [-0.2, 0) is 19.4 Å². The number of hydrogen-bond acceptors (Lipinski definition) is 3. The number of benzene rings is 2. The predicted molar refractivity (Wildman–Crippen MR) is 104 cm³/mol. The second-order valence-corrected chi connectivity index (χ2v) is 7.16. The van der Waals surface area contributed by atoms with Gasteiger partial charge in [0.1, 0.15) is 11.6 Å². The van der Waals surface area contributed by atoms with Crippen LogP contribution in [0.5, 0.6) is 0 Å². The molecule has 1 N–H and O–H groups in total. The van der Waals surface area contributed by atoms with Crippen molar-refractivity contribution >= 4 is 17.5 Å². The summed E-state index contributed by atoms with van der Waals surface area (Å²) in [5.41, 5.74) is 2.32. The van der Waals surface area contributed by atoms with Crippen LogP contribution in [0.3, 0.4) is 0 Å². The Morgan fingerprint density at radius 2 is 2.00 bits per heavy atom. The number of halogens is 2. The Morgan fingerprint density at radius 1 is 1.21 bits per heavy atom. The van der Waals surface area contributed by atoms with Crippen LogP contribution in [0.15, 0.2) is 53.3 Å². The quantitative estimate of drug-likeness (QED) is 0.737. The fourth-order valence-electron chi connectivity index (χ4n) is 3.33. The number of aromatic nitrogens is 2. The zero-order valence-electron chi connectivity index (χ0n) is 14.9. The lowest BCUT2D eigenvalue weighted by atomic mass is 10.0. The molecule has 0 spiro atoms. The zero-order valence-corrected chi connectivity index (χ0v) is 15.7. The van der Waals surface area contributed by atoms with Gasteiger partial charge in [-0.3, -0.25) is 9.59 Å². The largest absolute Gasteiger partial charge is 0.334 e. The van der Waals surface area contributed by atoms with Crippen molar-refractivity contribution in [3.8, 4) is 0 Å². The van der Waals surface area contributed by atoms with Gasteiger partial charge in [0, 0.05) is 30.0 Å². The maximum Gasteiger partial charge on any atom is 0.256 e. The summed E-state index contributed by atoms with van der Waals surface area (Å²) in [6.07, 6.45) is 0.913. The van der Waals surface area contributed by atoms with Crippen LogP contribution in [-0.4, -0.2) is 27.3 Å². The van der Waals surface area contributed by atoms with E-state index in [1.807, 2.05) is 0 Å². The van der Waals surface area contributed by atoms with Gasteiger partial charge in [0.2, 0.25) is 0 Å². The van der Waals surface area contributed by atoms with Crippen molar-refractivity contribution in [1.82, 2.24) is 14.9 Å². The van der Waals surface area contributed by atoms with Crippen LogP contribution >= 0.6 is 11.6 Å². The molecule has 5 nitrogen and oxygen atoms in total. The molecule has 28 heavy (non-hydrogen) atoms. The highest BCUT2D eigenvalue weighted by molar-refractivity contribution is 6.30. The number of rotatable bonds is 3. The second-order valence-electron chi connectivity index (χ2n) is 6.73. The fourth-order valence-corrected chi connectivity index (χ4v) is 3.52. The van der Waals surface area contributed by atoms with Crippen molar-refractivity contribution < 1.29 is 9.18 Å². The van der Waals surface area contributed by atoms with Gasteiger partial charge < -0.3 is 9.88 Å². The van der Waals surface area contributed by atoms with E-state index in [0.29, 0.717) is 47.1 Å². The SMILES string of the molecule is O=C(c1cccc(Cl)c1)N1CCc2nc(Cc3ccc(F)cc3)[nH]c(=O)c2C1. The van der Waals surface area contributed by atoms with Crippen LogP contribution < -0.4 is 5.56 Å². The molecule has 3 aromatic rings. The van der Waals surface area contributed by atoms with Crippen molar-refractivity contribution in [3.63, 3.8) is 0 Å². The molecule has 2 heterocycles. The van der Waals surface area contributed by atoms with Gasteiger partial charge in [-0.2, -0.15) is 0 Å². The normalized spacial score (nSPS) is 13.3. The zero-order chi connectivity index (χ0) is 19.7. The van der Waals surface area contributed by atoms with Gasteiger partial charge in [-0.25, -0.2) is 9.37 Å². The Bertz CT molecular complexity index is 1100. The topological polar surface area (TPSA) is 66.1 Å². The first-order valence-electron chi connectivity index (χ1n) is 8.90. The van der Waals surface area contributed by atoms with E-state index < -0.39 is 0 Å². The summed E-state index contributed by atoms with van der Waals surface area (Å²) in [5.74, 6) is 0.0630. The third-order valence-corrected chi connectivity index (χ3v) is 5.00. The Labute approximate surface area is 165 Å². The number of amides is 1. The van der Waals surface area contributed by atoms with E-state index in [1.54, 1.807) is 41.3 Å². The molecule has 2 aromatic carbocycles. The molecule has 0 saturated heterocycles. The third kappa shape index (κ3) is 3.82. The minimum atomic E-state index is -0.305. The molecule has 0 atom stereocenters. The summed E-state index contributed by atoms with van der Waals surface area (Å²) in [6, 6.07) is 12.9. The minimum absolute atomic E-state index is 0.164. The fraction of sp³-hybridized carbons (Fsp3) is 0.190. The number of nitrogens with one attached hydrogen (secondary N) is 1. The molecule has 7 heteroatoms. The molecular weight excluding hydrogens is 381 g/mol. The standard InChI is InChI=1S/C21H17ClFN3O2/c22-15-3-1-2-14(11-15)21(28)26-9-8-18-17(12-26)20(27)25-19(24-18)10-13-4-6-16(23)7-5-13/h1-7,11H,8-10,12H2,(H,24,25,27). The molecule has 0 bridgehead atoms. The lowest BCUT2D eigenvalue weighted by Crippen LogP contribution is -2.39. The molecule has 0 aliphatic carbocycles. The van der Waals surface area contributed by atoms with E-state index in [1.165, 1.54) is 12.1 Å². The van der Waals surface area contributed by atoms with Crippen molar-refractivity contribution in [2.24, 2.45) is 0 Å². The highest BCUT2D eigenvalue weighted by Crippen LogP contribution is 2.19. The van der Waals surface area contributed by atoms with Crippen LogP contribution in [0, 0.1) is 5.82 Å². The van der Waals surface area contributed by atoms with E-state index in [4.69, 9.17) is 11.6 Å². The summed E-state index contributed by atoms with van der Waals surface area (Å²) in [6.45, 7) is 0.685. The van der Waals surface area contributed by atoms with Gasteiger partial charge in [-0.15, -0.1) is 0 Å². The highest BCUT2D eigenvalue weighted by Gasteiger charge is 2.25. The van der Waals surface area contributed by atoms with Crippen molar-refractivity contribution in [1.29, 1.82) is 0 Å². The predicted octanol–water partition coefficient (Wildman–Crippen LogP) is 3.35. The average Bonchev–Trinajstić information content (AvgIpc) is 2.69. The Balaban J connectivity index is 1.55. The smallest absolute Gasteiger partial charge is 0.256 e. The molecule has 1 aromatic heterocycles. The molecule has 0 unspecified atom stereocenters. The summed E-state index contributed by atoms with van der Waals surface area (Å²) in [7, 11) is 0. The van der Waals surface area contributed by atoms with Gasteiger partial charge >= 0.3 is 0 Å². The van der Waals surface area contributed by atoms with E-state index in [2.05, 4.69) is 9.97 Å². The molecular formula is C21H17ClFN3O2. The van der Waals surface area contributed by atoms with Crippen LogP contribution in [0.2, 0.25) is 5.02 Å². The maximum absolute atomic E-state index is 13.0. The summed E-state index contributed by atoms with van der Waals surface area (Å²) in [4.78, 5) is 34.3. The Kier molecular flexibility index (Phi) is 4.96. The third-order valence-electron chi connectivity index (χ3n) is 4.76. The summed E-state index contributed by atoms with van der Waals surface area (Å²) >= 11 is 5.97. The minimum Gasteiger partial charge on any atom is -0.334 e. The first kappa shape index (κ1) is 18.4. The van der Waals surface area contributed by atoms with Crippen molar-refractivity contribution in [2.45, 2.75) is 19.4 Å². The Morgan fingerprint density at radius 3 is 2.75 bits per heavy atom. The van der Waals surface area contributed by atoms with Crippen molar-refractivity contribution in [2.75, 3.05) is 6.54 Å². The number of aromatic amines is 1. The lowest BCUT2D eigenvalue weighted by molar-refractivity contribution is 0.0732. The van der Waals surface area contributed by atoms with Crippen LogP contribution in [0.4, 0.5) is 4.39 Å². The molecule has 0 saturated carbocycles. The van der Waals surface area contributed by atoms with E-state index in [9.17, 15) is 14.0 Å². The number of hydrogen-bond donors (Lipinski definition) is 1.